The molecule has 140 valence electrons. The summed E-state index contributed by atoms with van der Waals surface area (Å²) in [6, 6.07) is 13.9. The van der Waals surface area contributed by atoms with Crippen LogP contribution in [0.15, 0.2) is 57.7 Å². The molecular weight excluding hydrogens is 370 g/mol. The van der Waals surface area contributed by atoms with Crippen LogP contribution in [0.1, 0.15) is 6.42 Å². The molecule has 1 heterocycles. The zero-order valence-corrected chi connectivity index (χ0v) is 15.4. The van der Waals surface area contributed by atoms with Crippen molar-refractivity contribution in [2.45, 2.75) is 13.0 Å². The number of amides is 2. The molecule has 0 atom stereocenters. The quantitative estimate of drug-likeness (QED) is 0.704. The number of halogens is 1. The first-order valence-electron chi connectivity index (χ1n) is 8.32. The third-order valence-electron chi connectivity index (χ3n) is 4.08. The summed E-state index contributed by atoms with van der Waals surface area (Å²) < 4.78 is 6.55. The number of carbonyl (C=O) groups is 2. The van der Waals surface area contributed by atoms with Crippen LogP contribution < -0.4 is 11.1 Å². The van der Waals surface area contributed by atoms with Crippen LogP contribution in [0.2, 0.25) is 5.02 Å². The number of benzene rings is 2. The lowest BCUT2D eigenvalue weighted by atomic mass is 10.3. The number of nitrogens with one attached hydrogen (secondary N) is 1. The zero-order chi connectivity index (χ0) is 19.4. The zero-order valence-electron chi connectivity index (χ0n) is 14.6. The van der Waals surface area contributed by atoms with E-state index in [0.29, 0.717) is 21.8 Å². The van der Waals surface area contributed by atoms with Crippen LogP contribution in [0.3, 0.4) is 0 Å². The maximum Gasteiger partial charge on any atom is 0.419 e. The summed E-state index contributed by atoms with van der Waals surface area (Å²) >= 11 is 6.00. The number of aromatic nitrogens is 1. The summed E-state index contributed by atoms with van der Waals surface area (Å²) in [4.78, 5) is 37.7. The molecule has 0 fully saturated rings. The Morgan fingerprint density at radius 3 is 2.63 bits per heavy atom. The molecule has 8 heteroatoms. The van der Waals surface area contributed by atoms with Crippen LogP contribution in [0.4, 0.5) is 5.69 Å². The molecule has 27 heavy (non-hydrogen) atoms. The third-order valence-corrected chi connectivity index (χ3v) is 4.41. The highest BCUT2D eigenvalue weighted by atomic mass is 35.5. The second kappa shape index (κ2) is 8.09. The van der Waals surface area contributed by atoms with Crippen LogP contribution >= 0.6 is 11.6 Å². The first-order chi connectivity index (χ1) is 13.0. The van der Waals surface area contributed by atoms with Crippen molar-refractivity contribution in [1.82, 2.24) is 9.47 Å². The van der Waals surface area contributed by atoms with Crippen molar-refractivity contribution >= 4 is 40.2 Å². The van der Waals surface area contributed by atoms with Gasteiger partial charge in [-0.3, -0.25) is 14.2 Å². The molecule has 0 spiro atoms. The molecule has 0 aliphatic heterocycles. The van der Waals surface area contributed by atoms with E-state index in [9.17, 15) is 14.4 Å². The van der Waals surface area contributed by atoms with Crippen molar-refractivity contribution in [3.05, 3.63) is 64.1 Å². The van der Waals surface area contributed by atoms with Gasteiger partial charge in [-0.25, -0.2) is 4.79 Å². The van der Waals surface area contributed by atoms with Crippen molar-refractivity contribution in [3.8, 4) is 0 Å². The van der Waals surface area contributed by atoms with E-state index in [2.05, 4.69) is 5.32 Å². The number of oxazole rings is 1. The normalized spacial score (nSPS) is 10.7. The van der Waals surface area contributed by atoms with Crippen LogP contribution in [0.5, 0.6) is 0 Å². The van der Waals surface area contributed by atoms with E-state index in [1.165, 1.54) is 16.5 Å². The number of hydrogen-bond acceptors (Lipinski definition) is 4. The van der Waals surface area contributed by atoms with Gasteiger partial charge in [0.15, 0.2) is 5.58 Å². The molecule has 7 nitrogen and oxygen atoms in total. The Morgan fingerprint density at radius 2 is 1.85 bits per heavy atom. The maximum absolute atomic E-state index is 12.3. The SMILES string of the molecule is CN(CC(=O)Nc1ccccc1Cl)C(=O)CCn1c(=O)oc2ccccc21. The van der Waals surface area contributed by atoms with E-state index in [1.807, 2.05) is 0 Å². The largest absolute Gasteiger partial charge is 0.419 e. The van der Waals surface area contributed by atoms with Gasteiger partial charge in [-0.2, -0.15) is 0 Å². The van der Waals surface area contributed by atoms with Gasteiger partial charge in [-0.15, -0.1) is 0 Å². The van der Waals surface area contributed by atoms with Crippen LogP contribution in [0.25, 0.3) is 11.1 Å². The van der Waals surface area contributed by atoms with Crippen LogP contribution in [-0.2, 0) is 16.1 Å². The van der Waals surface area contributed by atoms with Crippen LogP contribution in [0, 0.1) is 0 Å². The lowest BCUT2D eigenvalue weighted by molar-refractivity contribution is -0.133. The number of aryl methyl sites for hydroxylation is 1. The topological polar surface area (TPSA) is 84.5 Å². The lowest BCUT2D eigenvalue weighted by Gasteiger charge is -2.17. The molecule has 3 rings (SSSR count). The van der Waals surface area contributed by atoms with Gasteiger partial charge < -0.3 is 14.6 Å². The molecule has 0 saturated heterocycles. The number of hydrogen-bond donors (Lipinski definition) is 1. The summed E-state index contributed by atoms with van der Waals surface area (Å²) in [6.45, 7) is 0.0518. The van der Waals surface area contributed by atoms with Gasteiger partial charge in [0.05, 0.1) is 22.8 Å². The number of anilines is 1. The third kappa shape index (κ3) is 4.38. The molecular formula is C19H18ClN3O4. The van der Waals surface area contributed by atoms with Crippen molar-refractivity contribution in [1.29, 1.82) is 0 Å². The Balaban J connectivity index is 1.57. The highest BCUT2D eigenvalue weighted by Crippen LogP contribution is 2.20. The predicted molar refractivity (Wildman–Crippen MR) is 103 cm³/mol. The minimum atomic E-state index is -0.511. The van der Waals surface area contributed by atoms with E-state index in [-0.39, 0.29) is 31.3 Å². The van der Waals surface area contributed by atoms with Crippen molar-refractivity contribution in [2.24, 2.45) is 0 Å². The summed E-state index contributed by atoms with van der Waals surface area (Å²) in [5.41, 5.74) is 1.60. The molecule has 0 unspecified atom stereocenters. The predicted octanol–water partition coefficient (Wildman–Crippen LogP) is 2.74. The Hall–Kier alpha value is -3.06. The van der Waals surface area contributed by atoms with E-state index in [4.69, 9.17) is 16.0 Å². The van der Waals surface area contributed by atoms with E-state index in [0.717, 1.165) is 0 Å². The van der Waals surface area contributed by atoms with Gasteiger partial charge in [0, 0.05) is 20.0 Å². The lowest BCUT2D eigenvalue weighted by Crippen LogP contribution is -2.35. The van der Waals surface area contributed by atoms with E-state index >= 15 is 0 Å². The van der Waals surface area contributed by atoms with Crippen molar-refractivity contribution < 1.29 is 14.0 Å². The minimum Gasteiger partial charge on any atom is -0.408 e. The van der Waals surface area contributed by atoms with Gasteiger partial charge in [0.1, 0.15) is 0 Å². The standard InChI is InChI=1S/C19H18ClN3O4/c1-22(12-17(24)21-14-7-3-2-6-13(14)20)18(25)10-11-23-15-8-4-5-9-16(15)27-19(23)26/h2-9H,10-12H2,1H3,(H,21,24). The fraction of sp³-hybridized carbons (Fsp3) is 0.211. The summed E-state index contributed by atoms with van der Waals surface area (Å²) in [7, 11) is 1.53. The summed E-state index contributed by atoms with van der Waals surface area (Å²) in [5.74, 6) is -1.13. The molecule has 2 amide bonds. The van der Waals surface area contributed by atoms with Gasteiger partial charge in [0.2, 0.25) is 11.8 Å². The second-order valence-corrected chi connectivity index (χ2v) is 6.42. The monoisotopic (exact) mass is 387 g/mol. The maximum atomic E-state index is 12.3. The average Bonchev–Trinajstić information content (AvgIpc) is 2.96. The van der Waals surface area contributed by atoms with E-state index < -0.39 is 5.76 Å². The number of fused-ring (bicyclic) bond motifs is 1. The number of para-hydroxylation sites is 3. The van der Waals surface area contributed by atoms with Gasteiger partial charge in [-0.1, -0.05) is 35.9 Å². The Morgan fingerprint density at radius 1 is 1.15 bits per heavy atom. The molecule has 0 aliphatic rings. The summed E-state index contributed by atoms with van der Waals surface area (Å²) in [6.07, 6.45) is 0.0688. The molecule has 2 aromatic carbocycles. The fourth-order valence-corrected chi connectivity index (χ4v) is 2.86. The number of rotatable bonds is 6. The van der Waals surface area contributed by atoms with Crippen molar-refractivity contribution in [3.63, 3.8) is 0 Å². The molecule has 0 aliphatic carbocycles. The minimum absolute atomic E-state index is 0.0688. The number of nitrogens with zero attached hydrogens (tertiary/aromatic N) is 2. The van der Waals surface area contributed by atoms with E-state index in [1.54, 1.807) is 48.5 Å². The van der Waals surface area contributed by atoms with Gasteiger partial charge >= 0.3 is 5.76 Å². The highest BCUT2D eigenvalue weighted by Gasteiger charge is 2.16. The first-order valence-corrected chi connectivity index (χ1v) is 8.70. The molecule has 1 aromatic heterocycles. The average molecular weight is 388 g/mol. The number of likely N-dealkylation sites (N-methyl/N-ethyl adjacent to an activating group) is 1. The first kappa shape index (κ1) is 18.7. The van der Waals surface area contributed by atoms with Crippen LogP contribution in [-0.4, -0.2) is 34.9 Å². The Bertz CT molecular complexity index is 1040. The highest BCUT2D eigenvalue weighted by molar-refractivity contribution is 6.33. The molecule has 0 radical (unpaired) electrons. The molecule has 1 N–H and O–H groups in total. The Labute approximate surface area is 160 Å². The Kier molecular flexibility index (Phi) is 5.61. The number of carbonyl (C=O) groups excluding carboxylic acids is 2. The fourth-order valence-electron chi connectivity index (χ4n) is 2.68. The van der Waals surface area contributed by atoms with Crippen molar-refractivity contribution in [2.75, 3.05) is 18.9 Å². The molecule has 0 bridgehead atoms. The van der Waals surface area contributed by atoms with Gasteiger partial charge in [0.25, 0.3) is 0 Å². The summed E-state index contributed by atoms with van der Waals surface area (Å²) in [5, 5.41) is 3.09. The molecule has 3 aromatic rings. The van der Waals surface area contributed by atoms with Gasteiger partial charge in [-0.05, 0) is 24.3 Å². The molecule has 0 saturated carbocycles. The second-order valence-electron chi connectivity index (χ2n) is 6.02. The smallest absolute Gasteiger partial charge is 0.408 e.